The first-order valence-electron chi connectivity index (χ1n) is 9.01. The van der Waals surface area contributed by atoms with Crippen LogP contribution in [0.15, 0.2) is 24.3 Å². The molecule has 0 spiro atoms. The first-order chi connectivity index (χ1) is 12.3. The number of hydrogen-bond acceptors (Lipinski definition) is 5. The summed E-state index contributed by atoms with van der Waals surface area (Å²) in [6, 6.07) is 6.98. The molecule has 2 aliphatic heterocycles. The summed E-state index contributed by atoms with van der Waals surface area (Å²) >= 11 is 0. The Bertz CT molecular complexity index is 587. The van der Waals surface area contributed by atoms with E-state index in [4.69, 9.17) is 9.47 Å². The van der Waals surface area contributed by atoms with Crippen LogP contribution in [0, 0.1) is 5.92 Å². The predicted octanol–water partition coefficient (Wildman–Crippen LogP) is 1.45. The monoisotopic (exact) mass is 346 g/mol. The van der Waals surface area contributed by atoms with E-state index in [1.165, 1.54) is 0 Å². The van der Waals surface area contributed by atoms with Crippen molar-refractivity contribution in [2.45, 2.75) is 12.8 Å². The minimum absolute atomic E-state index is 0.00706. The lowest BCUT2D eigenvalue weighted by Crippen LogP contribution is -2.47. The van der Waals surface area contributed by atoms with Crippen LogP contribution in [0.4, 0.5) is 0 Å². The van der Waals surface area contributed by atoms with Crippen LogP contribution in [-0.4, -0.2) is 74.5 Å². The van der Waals surface area contributed by atoms with Crippen molar-refractivity contribution < 1.29 is 19.1 Å². The van der Waals surface area contributed by atoms with E-state index >= 15 is 0 Å². The molecule has 0 N–H and O–H groups in total. The number of amides is 1. The zero-order chi connectivity index (χ0) is 17.5. The number of nitrogens with zero attached hydrogens (tertiary/aromatic N) is 2. The Hall–Kier alpha value is -1.92. The van der Waals surface area contributed by atoms with Crippen LogP contribution in [0.5, 0.6) is 5.75 Å². The van der Waals surface area contributed by atoms with Crippen LogP contribution >= 0.6 is 0 Å². The third kappa shape index (κ3) is 5.03. The van der Waals surface area contributed by atoms with Gasteiger partial charge in [0.05, 0.1) is 18.8 Å². The van der Waals surface area contributed by atoms with Gasteiger partial charge in [-0.3, -0.25) is 14.5 Å². The average Bonchev–Trinajstić information content (AvgIpc) is 2.67. The standard InChI is InChI=1S/C19H26N2O4/c22-14-17-5-1-2-6-18(17)25-15-19(23)21-7-3-4-16(13-21)12-20-8-10-24-11-9-20/h1-2,5-6,14,16H,3-4,7-13,15H2. The van der Waals surface area contributed by atoms with Crippen molar-refractivity contribution in [1.29, 1.82) is 0 Å². The van der Waals surface area contributed by atoms with E-state index in [0.29, 0.717) is 17.2 Å². The van der Waals surface area contributed by atoms with Crippen molar-refractivity contribution in [2.24, 2.45) is 5.92 Å². The molecule has 1 aromatic carbocycles. The number of para-hydroxylation sites is 1. The van der Waals surface area contributed by atoms with Crippen molar-refractivity contribution in [1.82, 2.24) is 9.80 Å². The van der Waals surface area contributed by atoms with Gasteiger partial charge >= 0.3 is 0 Å². The van der Waals surface area contributed by atoms with E-state index in [1.54, 1.807) is 24.3 Å². The van der Waals surface area contributed by atoms with Crippen LogP contribution in [-0.2, 0) is 9.53 Å². The zero-order valence-electron chi connectivity index (χ0n) is 14.6. The van der Waals surface area contributed by atoms with Crippen molar-refractivity contribution in [3.05, 3.63) is 29.8 Å². The normalized spacial score (nSPS) is 21.8. The van der Waals surface area contributed by atoms with Crippen LogP contribution in [0.1, 0.15) is 23.2 Å². The molecule has 6 nitrogen and oxygen atoms in total. The van der Waals surface area contributed by atoms with Crippen LogP contribution in [0.2, 0.25) is 0 Å². The summed E-state index contributed by atoms with van der Waals surface area (Å²) in [5.41, 5.74) is 0.471. The van der Waals surface area contributed by atoms with Gasteiger partial charge in [-0.15, -0.1) is 0 Å². The molecule has 3 rings (SSSR count). The summed E-state index contributed by atoms with van der Waals surface area (Å²) < 4.78 is 11.0. The third-order valence-electron chi connectivity index (χ3n) is 4.89. The fraction of sp³-hybridized carbons (Fsp3) is 0.579. The van der Waals surface area contributed by atoms with Gasteiger partial charge in [-0.1, -0.05) is 12.1 Å². The molecule has 0 bridgehead atoms. The number of aldehydes is 1. The number of rotatable bonds is 6. The number of ether oxygens (including phenoxy) is 2. The van der Waals surface area contributed by atoms with Gasteiger partial charge in [-0.2, -0.15) is 0 Å². The summed E-state index contributed by atoms with van der Waals surface area (Å²) in [5, 5.41) is 0. The van der Waals surface area contributed by atoms with Crippen molar-refractivity contribution in [3.8, 4) is 5.75 Å². The summed E-state index contributed by atoms with van der Waals surface area (Å²) in [5.74, 6) is 0.971. The van der Waals surface area contributed by atoms with Gasteiger partial charge in [-0.05, 0) is 30.9 Å². The van der Waals surface area contributed by atoms with Gasteiger partial charge in [0.25, 0.3) is 5.91 Å². The molecule has 0 radical (unpaired) electrons. The molecule has 2 aliphatic rings. The Labute approximate surface area is 148 Å². The molecule has 1 amide bonds. The van der Waals surface area contributed by atoms with E-state index in [2.05, 4.69) is 4.90 Å². The topological polar surface area (TPSA) is 59.1 Å². The first-order valence-corrected chi connectivity index (χ1v) is 9.01. The molecule has 2 saturated heterocycles. The highest BCUT2D eigenvalue weighted by Crippen LogP contribution is 2.20. The Morgan fingerprint density at radius 1 is 1.24 bits per heavy atom. The van der Waals surface area contributed by atoms with Gasteiger partial charge < -0.3 is 14.4 Å². The maximum Gasteiger partial charge on any atom is 0.260 e. The highest BCUT2D eigenvalue weighted by Gasteiger charge is 2.26. The summed E-state index contributed by atoms with van der Waals surface area (Å²) in [6.07, 6.45) is 2.95. The van der Waals surface area contributed by atoms with Crippen molar-refractivity contribution >= 4 is 12.2 Å². The lowest BCUT2D eigenvalue weighted by atomic mass is 9.97. The highest BCUT2D eigenvalue weighted by molar-refractivity contribution is 5.80. The minimum Gasteiger partial charge on any atom is -0.483 e. The molecule has 0 aliphatic carbocycles. The van der Waals surface area contributed by atoms with E-state index < -0.39 is 0 Å². The lowest BCUT2D eigenvalue weighted by molar-refractivity contribution is -0.135. The second-order valence-corrected chi connectivity index (χ2v) is 6.71. The van der Waals surface area contributed by atoms with Gasteiger partial charge in [0.1, 0.15) is 5.75 Å². The number of morpholine rings is 1. The fourth-order valence-corrected chi connectivity index (χ4v) is 3.53. The number of hydrogen-bond donors (Lipinski definition) is 0. The van der Waals surface area contributed by atoms with E-state index in [9.17, 15) is 9.59 Å². The molecule has 136 valence electrons. The Morgan fingerprint density at radius 2 is 2.04 bits per heavy atom. The Kier molecular flexibility index (Phi) is 6.42. The smallest absolute Gasteiger partial charge is 0.260 e. The summed E-state index contributed by atoms with van der Waals surface area (Å²) in [4.78, 5) is 27.8. The molecule has 0 aromatic heterocycles. The van der Waals surface area contributed by atoms with Crippen LogP contribution in [0.25, 0.3) is 0 Å². The maximum absolute atomic E-state index is 12.5. The predicted molar refractivity (Wildman–Crippen MR) is 93.9 cm³/mol. The second kappa shape index (κ2) is 8.97. The van der Waals surface area contributed by atoms with Gasteiger partial charge in [0, 0.05) is 32.7 Å². The molecule has 0 saturated carbocycles. The van der Waals surface area contributed by atoms with Gasteiger partial charge in [-0.25, -0.2) is 0 Å². The second-order valence-electron chi connectivity index (χ2n) is 6.71. The molecule has 6 heteroatoms. The molecule has 1 unspecified atom stereocenters. The van der Waals surface area contributed by atoms with Gasteiger partial charge in [0.2, 0.25) is 0 Å². The zero-order valence-corrected chi connectivity index (χ0v) is 14.6. The SMILES string of the molecule is O=Cc1ccccc1OCC(=O)N1CCCC(CN2CCOCC2)C1. The molecule has 25 heavy (non-hydrogen) atoms. The average molecular weight is 346 g/mol. The molecule has 1 aromatic rings. The molecule has 2 heterocycles. The quantitative estimate of drug-likeness (QED) is 0.730. The van der Waals surface area contributed by atoms with E-state index in [0.717, 1.165) is 65.1 Å². The number of likely N-dealkylation sites (tertiary alicyclic amines) is 1. The first kappa shape index (κ1) is 17.9. The summed E-state index contributed by atoms with van der Waals surface area (Å²) in [6.45, 7) is 6.16. The lowest BCUT2D eigenvalue weighted by Gasteiger charge is -2.36. The number of benzene rings is 1. The molecule has 2 fully saturated rings. The molecule has 1 atom stereocenters. The maximum atomic E-state index is 12.5. The highest BCUT2D eigenvalue weighted by atomic mass is 16.5. The summed E-state index contributed by atoms with van der Waals surface area (Å²) in [7, 11) is 0. The molecular formula is C19H26N2O4. The van der Waals surface area contributed by atoms with Crippen LogP contribution < -0.4 is 4.74 Å². The largest absolute Gasteiger partial charge is 0.483 e. The fourth-order valence-electron chi connectivity index (χ4n) is 3.53. The number of piperidine rings is 1. The van der Waals surface area contributed by atoms with E-state index in [-0.39, 0.29) is 12.5 Å². The molecular weight excluding hydrogens is 320 g/mol. The Morgan fingerprint density at radius 3 is 2.84 bits per heavy atom. The van der Waals surface area contributed by atoms with Gasteiger partial charge in [0.15, 0.2) is 12.9 Å². The van der Waals surface area contributed by atoms with Crippen molar-refractivity contribution in [3.63, 3.8) is 0 Å². The van der Waals surface area contributed by atoms with Crippen LogP contribution in [0.3, 0.4) is 0 Å². The Balaban J connectivity index is 1.48. The van der Waals surface area contributed by atoms with E-state index in [1.807, 2.05) is 4.90 Å². The van der Waals surface area contributed by atoms with Crippen molar-refractivity contribution in [2.75, 3.05) is 52.5 Å². The minimum atomic E-state index is -0.0187. The third-order valence-corrected chi connectivity index (χ3v) is 4.89. The number of carbonyl (C=O) groups excluding carboxylic acids is 2. The number of carbonyl (C=O) groups is 2.